The fraction of sp³-hybridized carbons (Fsp3) is 0.444. The highest BCUT2D eigenvalue weighted by molar-refractivity contribution is 5.95. The number of ether oxygens (including phenoxy) is 2. The molecule has 1 aromatic heterocycles. The third kappa shape index (κ3) is 2.52. The number of carbonyl (C=O) groups is 1. The maximum absolute atomic E-state index is 12.9. The molecule has 1 amide bonds. The summed E-state index contributed by atoms with van der Waals surface area (Å²) in [5.74, 6) is 2.92. The number of nitrogens with zero attached hydrogens (tertiary/aromatic N) is 1. The van der Waals surface area contributed by atoms with Gasteiger partial charge in [-0.05, 0) is 49.3 Å². The van der Waals surface area contributed by atoms with E-state index in [0.29, 0.717) is 17.7 Å². The number of rotatable bonds is 5. The second-order valence-corrected chi connectivity index (χ2v) is 6.90. The van der Waals surface area contributed by atoms with Crippen LogP contribution in [0.5, 0.6) is 11.5 Å². The summed E-state index contributed by atoms with van der Waals surface area (Å²) < 4.78 is 10.8. The number of aromatic amines is 1. The van der Waals surface area contributed by atoms with Gasteiger partial charge in [0, 0.05) is 17.7 Å². The van der Waals surface area contributed by atoms with Gasteiger partial charge in [0.2, 0.25) is 12.7 Å². The van der Waals surface area contributed by atoms with Crippen LogP contribution in [0.4, 0.5) is 5.82 Å². The van der Waals surface area contributed by atoms with Crippen molar-refractivity contribution >= 4 is 11.7 Å². The molecule has 0 spiro atoms. The second-order valence-electron chi connectivity index (χ2n) is 6.90. The number of anilines is 1. The fourth-order valence-electron chi connectivity index (χ4n) is 3.38. The molecule has 124 valence electrons. The summed E-state index contributed by atoms with van der Waals surface area (Å²) >= 11 is 0. The predicted octanol–water partition coefficient (Wildman–Crippen LogP) is 3.15. The summed E-state index contributed by atoms with van der Waals surface area (Å²) in [6.45, 7) is 0.246. The van der Waals surface area contributed by atoms with Crippen molar-refractivity contribution in [2.45, 2.75) is 37.5 Å². The van der Waals surface area contributed by atoms with Crippen molar-refractivity contribution in [1.29, 1.82) is 0 Å². The van der Waals surface area contributed by atoms with Crippen molar-refractivity contribution in [1.82, 2.24) is 10.2 Å². The molecule has 3 aliphatic rings. The smallest absolute Gasteiger partial charge is 0.233 e. The lowest BCUT2D eigenvalue weighted by Crippen LogP contribution is -2.23. The quantitative estimate of drug-likeness (QED) is 0.885. The van der Waals surface area contributed by atoms with Crippen LogP contribution >= 0.6 is 0 Å². The van der Waals surface area contributed by atoms with Crippen LogP contribution in [0.15, 0.2) is 24.3 Å². The van der Waals surface area contributed by atoms with E-state index in [1.54, 1.807) is 0 Å². The highest BCUT2D eigenvalue weighted by atomic mass is 16.7. The number of hydrogen-bond acceptors (Lipinski definition) is 4. The van der Waals surface area contributed by atoms with Crippen LogP contribution in [0.25, 0.3) is 0 Å². The third-order valence-corrected chi connectivity index (χ3v) is 5.00. The molecule has 2 saturated carbocycles. The Labute approximate surface area is 139 Å². The minimum Gasteiger partial charge on any atom is -0.454 e. The van der Waals surface area contributed by atoms with Crippen LogP contribution in [0, 0.1) is 5.92 Å². The van der Waals surface area contributed by atoms with Gasteiger partial charge in [0.05, 0.1) is 5.92 Å². The first-order valence-electron chi connectivity index (χ1n) is 8.53. The van der Waals surface area contributed by atoms with E-state index in [1.807, 2.05) is 24.3 Å². The molecule has 1 aromatic carbocycles. The zero-order valence-electron chi connectivity index (χ0n) is 13.2. The minimum absolute atomic E-state index is 0.00483. The van der Waals surface area contributed by atoms with Crippen LogP contribution in [0.2, 0.25) is 0 Å². The molecule has 1 atom stereocenters. The van der Waals surface area contributed by atoms with Crippen LogP contribution < -0.4 is 14.8 Å². The molecule has 2 fully saturated rings. The Bertz CT molecular complexity index is 793. The first-order valence-corrected chi connectivity index (χ1v) is 8.53. The van der Waals surface area contributed by atoms with Crippen LogP contribution in [-0.2, 0) is 4.79 Å². The van der Waals surface area contributed by atoms with E-state index in [-0.39, 0.29) is 18.6 Å². The van der Waals surface area contributed by atoms with Gasteiger partial charge in [0.25, 0.3) is 0 Å². The summed E-state index contributed by atoms with van der Waals surface area (Å²) in [6, 6.07) is 7.75. The normalized spacial score (nSPS) is 20.0. The van der Waals surface area contributed by atoms with Crippen molar-refractivity contribution in [3.8, 4) is 11.5 Å². The summed E-state index contributed by atoms with van der Waals surface area (Å²) in [4.78, 5) is 12.9. The molecule has 1 aliphatic heterocycles. The number of carbonyl (C=O) groups excluding carboxylic acids is 1. The van der Waals surface area contributed by atoms with E-state index in [2.05, 4.69) is 15.5 Å². The lowest BCUT2D eigenvalue weighted by molar-refractivity contribution is -0.118. The zero-order valence-corrected chi connectivity index (χ0v) is 13.2. The average molecular weight is 325 g/mol. The van der Waals surface area contributed by atoms with Crippen LogP contribution in [-0.4, -0.2) is 22.9 Å². The van der Waals surface area contributed by atoms with E-state index in [0.717, 1.165) is 35.6 Å². The molecule has 6 heteroatoms. The Balaban J connectivity index is 1.37. The number of aromatic nitrogens is 2. The molecule has 2 aromatic rings. The van der Waals surface area contributed by atoms with E-state index >= 15 is 0 Å². The van der Waals surface area contributed by atoms with Crippen molar-refractivity contribution in [2.24, 2.45) is 5.92 Å². The van der Waals surface area contributed by atoms with E-state index in [4.69, 9.17) is 9.47 Å². The molecule has 0 radical (unpaired) electrons. The van der Waals surface area contributed by atoms with E-state index in [9.17, 15) is 4.79 Å². The topological polar surface area (TPSA) is 76.2 Å². The lowest BCUT2D eigenvalue weighted by Gasteiger charge is -2.16. The summed E-state index contributed by atoms with van der Waals surface area (Å²) in [5, 5.41) is 10.2. The molecule has 2 heterocycles. The SMILES string of the molecule is O=C(Nc1cc(C2CC2)[nH]n1)C(c1ccc2c(c1)OCO2)C1CC1. The molecule has 0 bridgehead atoms. The molecular weight excluding hydrogens is 306 g/mol. The molecule has 2 aliphatic carbocycles. The Morgan fingerprint density at radius 2 is 2.00 bits per heavy atom. The number of benzene rings is 1. The number of hydrogen-bond donors (Lipinski definition) is 2. The average Bonchev–Trinajstić information content (AvgIpc) is 3.50. The Kier molecular flexibility index (Phi) is 3.04. The van der Waals surface area contributed by atoms with Crippen molar-refractivity contribution in [3.63, 3.8) is 0 Å². The number of nitrogens with one attached hydrogen (secondary N) is 2. The Morgan fingerprint density at radius 1 is 1.17 bits per heavy atom. The van der Waals surface area contributed by atoms with Crippen molar-refractivity contribution in [2.75, 3.05) is 12.1 Å². The first-order chi connectivity index (χ1) is 11.8. The van der Waals surface area contributed by atoms with Gasteiger partial charge >= 0.3 is 0 Å². The molecule has 24 heavy (non-hydrogen) atoms. The van der Waals surface area contributed by atoms with Gasteiger partial charge in [-0.25, -0.2) is 0 Å². The van der Waals surface area contributed by atoms with Crippen LogP contribution in [0.3, 0.4) is 0 Å². The first kappa shape index (κ1) is 13.9. The minimum atomic E-state index is -0.166. The van der Waals surface area contributed by atoms with Gasteiger partial charge < -0.3 is 14.8 Å². The molecule has 6 nitrogen and oxygen atoms in total. The second kappa shape index (κ2) is 5.26. The number of H-pyrrole nitrogens is 1. The fourth-order valence-corrected chi connectivity index (χ4v) is 3.38. The number of fused-ring (bicyclic) bond motifs is 1. The van der Waals surface area contributed by atoms with Gasteiger partial charge in [-0.2, -0.15) is 5.10 Å². The maximum atomic E-state index is 12.9. The number of amides is 1. The van der Waals surface area contributed by atoms with Crippen molar-refractivity contribution < 1.29 is 14.3 Å². The van der Waals surface area contributed by atoms with Gasteiger partial charge in [-0.15, -0.1) is 0 Å². The lowest BCUT2D eigenvalue weighted by atomic mass is 9.93. The van der Waals surface area contributed by atoms with Crippen molar-refractivity contribution in [3.05, 3.63) is 35.5 Å². The van der Waals surface area contributed by atoms with Gasteiger partial charge in [-0.3, -0.25) is 9.89 Å². The molecular formula is C18H19N3O3. The standard InChI is InChI=1S/C18H19N3O3/c22-18(19-16-8-13(20-21-16)10-1-2-10)17(11-3-4-11)12-5-6-14-15(7-12)24-9-23-14/h5-8,10-11,17H,1-4,9H2,(H2,19,20,21,22). The molecule has 0 saturated heterocycles. The molecule has 1 unspecified atom stereocenters. The largest absolute Gasteiger partial charge is 0.454 e. The Morgan fingerprint density at radius 3 is 2.79 bits per heavy atom. The predicted molar refractivity (Wildman–Crippen MR) is 87.2 cm³/mol. The van der Waals surface area contributed by atoms with Gasteiger partial charge in [-0.1, -0.05) is 6.07 Å². The van der Waals surface area contributed by atoms with E-state index < -0.39 is 0 Å². The summed E-state index contributed by atoms with van der Waals surface area (Å²) in [6.07, 6.45) is 4.58. The Hall–Kier alpha value is -2.50. The van der Waals surface area contributed by atoms with E-state index in [1.165, 1.54) is 12.8 Å². The molecule has 2 N–H and O–H groups in total. The van der Waals surface area contributed by atoms with Gasteiger partial charge in [0.1, 0.15) is 0 Å². The highest BCUT2D eigenvalue weighted by Gasteiger charge is 2.38. The zero-order chi connectivity index (χ0) is 16.1. The molecule has 5 rings (SSSR count). The maximum Gasteiger partial charge on any atom is 0.233 e. The highest BCUT2D eigenvalue weighted by Crippen LogP contribution is 2.45. The summed E-state index contributed by atoms with van der Waals surface area (Å²) in [7, 11) is 0. The van der Waals surface area contributed by atoms with Crippen LogP contribution in [0.1, 0.15) is 48.8 Å². The summed E-state index contributed by atoms with van der Waals surface area (Å²) in [5.41, 5.74) is 2.11. The van der Waals surface area contributed by atoms with Gasteiger partial charge in [0.15, 0.2) is 17.3 Å². The third-order valence-electron chi connectivity index (χ3n) is 5.00. The monoisotopic (exact) mass is 325 g/mol.